The van der Waals surface area contributed by atoms with E-state index in [1.807, 2.05) is 25.1 Å². The number of hydrogen-bond donors (Lipinski definition) is 1. The molecular weight excluding hydrogens is 162 g/mol. The lowest BCUT2D eigenvalue weighted by molar-refractivity contribution is 0.414. The van der Waals surface area contributed by atoms with Crippen LogP contribution in [-0.2, 0) is 0 Å². The van der Waals surface area contributed by atoms with E-state index >= 15 is 0 Å². The molecule has 1 aromatic carbocycles. The number of aryl methyl sites for hydroxylation is 1. The smallest absolute Gasteiger partial charge is 0.119 e. The fraction of sp³-hybridized carbons (Fsp3) is 0.273. The molecule has 13 heavy (non-hydrogen) atoms. The maximum Gasteiger partial charge on any atom is 0.119 e. The number of ether oxygens (including phenoxy) is 1. The van der Waals surface area contributed by atoms with Gasteiger partial charge in [-0.1, -0.05) is 12.1 Å². The Morgan fingerprint density at radius 2 is 2.23 bits per heavy atom. The molecule has 0 aliphatic carbocycles. The van der Waals surface area contributed by atoms with Crippen LogP contribution in [0.15, 0.2) is 30.9 Å². The number of hydrogen-bond acceptors (Lipinski definition) is 2. The minimum atomic E-state index is -0.0918. The highest BCUT2D eigenvalue weighted by atomic mass is 16.5. The summed E-state index contributed by atoms with van der Waals surface area (Å²) in [5.74, 6) is 0.859. The average Bonchev–Trinajstić information content (AvgIpc) is 2.16. The Balaban J connectivity index is 3.04. The van der Waals surface area contributed by atoms with Crippen LogP contribution in [0.2, 0.25) is 0 Å². The lowest BCUT2D eigenvalue weighted by Crippen LogP contribution is -2.08. The minimum absolute atomic E-state index is 0.0918. The molecule has 0 radical (unpaired) electrons. The molecule has 70 valence electrons. The van der Waals surface area contributed by atoms with E-state index in [2.05, 4.69) is 6.58 Å². The van der Waals surface area contributed by atoms with Crippen LogP contribution in [0.3, 0.4) is 0 Å². The summed E-state index contributed by atoms with van der Waals surface area (Å²) in [7, 11) is 1.65. The number of nitrogens with two attached hydrogens (primary N) is 1. The molecule has 0 spiro atoms. The summed E-state index contributed by atoms with van der Waals surface area (Å²) in [6.07, 6.45) is 1.73. The van der Waals surface area contributed by atoms with Gasteiger partial charge in [-0.05, 0) is 30.2 Å². The molecule has 0 aliphatic heterocycles. The Bertz CT molecular complexity index is 307. The zero-order valence-corrected chi connectivity index (χ0v) is 8.08. The minimum Gasteiger partial charge on any atom is -0.497 e. The third kappa shape index (κ3) is 2.10. The zero-order chi connectivity index (χ0) is 9.84. The molecule has 0 bridgehead atoms. The van der Waals surface area contributed by atoms with Crippen molar-refractivity contribution in [1.29, 1.82) is 0 Å². The van der Waals surface area contributed by atoms with Crippen molar-refractivity contribution in [2.45, 2.75) is 13.0 Å². The standard InChI is InChI=1S/C11H15NO/c1-4-11(12)10-6-5-9(13-3)7-8(10)2/h4-7,11H,1,12H2,2-3H3/t11-/m0/s1. The largest absolute Gasteiger partial charge is 0.497 e. The molecule has 2 N–H and O–H groups in total. The maximum absolute atomic E-state index is 5.83. The molecule has 0 fully saturated rings. The molecule has 0 amide bonds. The summed E-state index contributed by atoms with van der Waals surface area (Å²) >= 11 is 0. The van der Waals surface area contributed by atoms with Gasteiger partial charge in [0.05, 0.1) is 7.11 Å². The third-order valence-corrected chi connectivity index (χ3v) is 2.09. The van der Waals surface area contributed by atoms with Gasteiger partial charge in [-0.2, -0.15) is 0 Å². The molecule has 0 unspecified atom stereocenters. The van der Waals surface area contributed by atoms with Gasteiger partial charge < -0.3 is 10.5 Å². The van der Waals surface area contributed by atoms with Crippen molar-refractivity contribution in [3.8, 4) is 5.75 Å². The van der Waals surface area contributed by atoms with Gasteiger partial charge in [-0.3, -0.25) is 0 Å². The molecule has 0 aliphatic rings. The van der Waals surface area contributed by atoms with Gasteiger partial charge in [-0.25, -0.2) is 0 Å². The SMILES string of the molecule is C=C[C@H](N)c1ccc(OC)cc1C. The Kier molecular flexibility index (Phi) is 3.09. The number of rotatable bonds is 3. The summed E-state index contributed by atoms with van der Waals surface area (Å²) in [5.41, 5.74) is 8.05. The molecule has 0 aromatic heterocycles. The van der Waals surface area contributed by atoms with Crippen LogP contribution in [0.4, 0.5) is 0 Å². The van der Waals surface area contributed by atoms with Gasteiger partial charge in [0, 0.05) is 6.04 Å². The molecule has 2 heteroatoms. The summed E-state index contributed by atoms with van der Waals surface area (Å²) < 4.78 is 5.10. The Hall–Kier alpha value is -1.28. The van der Waals surface area contributed by atoms with Gasteiger partial charge >= 0.3 is 0 Å². The molecule has 1 aromatic rings. The summed E-state index contributed by atoms with van der Waals surface area (Å²) in [4.78, 5) is 0. The van der Waals surface area contributed by atoms with Gasteiger partial charge in [0.1, 0.15) is 5.75 Å². The Morgan fingerprint density at radius 1 is 1.54 bits per heavy atom. The van der Waals surface area contributed by atoms with E-state index in [0.717, 1.165) is 16.9 Å². The summed E-state index contributed by atoms with van der Waals surface area (Å²) in [5, 5.41) is 0. The molecule has 0 heterocycles. The highest BCUT2D eigenvalue weighted by Gasteiger charge is 2.05. The van der Waals surface area contributed by atoms with Crippen LogP contribution >= 0.6 is 0 Å². The zero-order valence-electron chi connectivity index (χ0n) is 8.08. The van der Waals surface area contributed by atoms with Crippen molar-refractivity contribution < 1.29 is 4.74 Å². The second-order valence-electron chi connectivity index (χ2n) is 2.98. The van der Waals surface area contributed by atoms with Gasteiger partial charge in [0.25, 0.3) is 0 Å². The first-order valence-corrected chi connectivity index (χ1v) is 4.21. The fourth-order valence-electron chi connectivity index (χ4n) is 1.28. The lowest BCUT2D eigenvalue weighted by Gasteiger charge is -2.11. The van der Waals surface area contributed by atoms with Gasteiger partial charge in [0.2, 0.25) is 0 Å². The van der Waals surface area contributed by atoms with E-state index in [9.17, 15) is 0 Å². The van der Waals surface area contributed by atoms with E-state index in [-0.39, 0.29) is 6.04 Å². The Morgan fingerprint density at radius 3 is 2.69 bits per heavy atom. The van der Waals surface area contributed by atoms with Crippen molar-refractivity contribution in [3.63, 3.8) is 0 Å². The van der Waals surface area contributed by atoms with E-state index in [4.69, 9.17) is 10.5 Å². The molecule has 1 atom stereocenters. The third-order valence-electron chi connectivity index (χ3n) is 2.09. The van der Waals surface area contributed by atoms with Crippen molar-refractivity contribution in [3.05, 3.63) is 42.0 Å². The first kappa shape index (κ1) is 9.81. The summed E-state index contributed by atoms with van der Waals surface area (Å²) in [6.45, 7) is 5.68. The van der Waals surface area contributed by atoms with E-state index in [1.54, 1.807) is 13.2 Å². The highest BCUT2D eigenvalue weighted by molar-refractivity contribution is 5.37. The second kappa shape index (κ2) is 4.10. The molecular formula is C11H15NO. The summed E-state index contributed by atoms with van der Waals surface area (Å²) in [6, 6.07) is 5.76. The van der Waals surface area contributed by atoms with Crippen molar-refractivity contribution in [2.75, 3.05) is 7.11 Å². The normalized spacial score (nSPS) is 12.2. The van der Waals surface area contributed by atoms with Gasteiger partial charge in [-0.15, -0.1) is 6.58 Å². The van der Waals surface area contributed by atoms with Crippen LogP contribution in [0, 0.1) is 6.92 Å². The first-order valence-electron chi connectivity index (χ1n) is 4.21. The van der Waals surface area contributed by atoms with E-state index < -0.39 is 0 Å². The van der Waals surface area contributed by atoms with Crippen LogP contribution in [0.25, 0.3) is 0 Å². The predicted molar refractivity (Wildman–Crippen MR) is 54.9 cm³/mol. The number of benzene rings is 1. The topological polar surface area (TPSA) is 35.2 Å². The molecule has 0 saturated heterocycles. The predicted octanol–water partition coefficient (Wildman–Crippen LogP) is 2.19. The monoisotopic (exact) mass is 177 g/mol. The molecule has 0 saturated carbocycles. The molecule has 2 nitrogen and oxygen atoms in total. The van der Waals surface area contributed by atoms with Crippen LogP contribution in [0.1, 0.15) is 17.2 Å². The second-order valence-corrected chi connectivity index (χ2v) is 2.98. The lowest BCUT2D eigenvalue weighted by atomic mass is 10.0. The first-order chi connectivity index (χ1) is 6.19. The van der Waals surface area contributed by atoms with Gasteiger partial charge in [0.15, 0.2) is 0 Å². The van der Waals surface area contributed by atoms with Crippen molar-refractivity contribution in [2.24, 2.45) is 5.73 Å². The van der Waals surface area contributed by atoms with Crippen LogP contribution in [-0.4, -0.2) is 7.11 Å². The van der Waals surface area contributed by atoms with Crippen molar-refractivity contribution >= 4 is 0 Å². The average molecular weight is 177 g/mol. The Labute approximate surface area is 79.0 Å². The van der Waals surface area contributed by atoms with Crippen LogP contribution in [0.5, 0.6) is 5.75 Å². The number of methoxy groups -OCH3 is 1. The quantitative estimate of drug-likeness (QED) is 0.718. The maximum atomic E-state index is 5.83. The fourth-order valence-corrected chi connectivity index (χ4v) is 1.28. The molecule has 1 rings (SSSR count). The highest BCUT2D eigenvalue weighted by Crippen LogP contribution is 2.21. The van der Waals surface area contributed by atoms with E-state index in [1.165, 1.54) is 0 Å². The van der Waals surface area contributed by atoms with Crippen molar-refractivity contribution in [1.82, 2.24) is 0 Å². The van der Waals surface area contributed by atoms with E-state index in [0.29, 0.717) is 0 Å². The van der Waals surface area contributed by atoms with Crippen LogP contribution < -0.4 is 10.5 Å².